The summed E-state index contributed by atoms with van der Waals surface area (Å²) in [5.41, 5.74) is 5.79. The Kier molecular flexibility index (Phi) is 4.24. The van der Waals surface area contributed by atoms with Crippen LogP contribution in [-0.2, 0) is 4.79 Å². The molecule has 1 aliphatic rings. The lowest BCUT2D eigenvalue weighted by atomic mass is 10.3. The van der Waals surface area contributed by atoms with E-state index < -0.39 is 6.10 Å². The number of nitrogens with two attached hydrogens (primary N) is 1. The van der Waals surface area contributed by atoms with Gasteiger partial charge in [-0.2, -0.15) is 0 Å². The monoisotopic (exact) mass is 312 g/mol. The van der Waals surface area contributed by atoms with E-state index in [0.29, 0.717) is 12.3 Å². The third-order valence-corrected chi connectivity index (χ3v) is 3.49. The fourth-order valence-electron chi connectivity index (χ4n) is 2.04. The van der Waals surface area contributed by atoms with Crippen LogP contribution in [0.25, 0.3) is 0 Å². The molecule has 5 heteroatoms. The van der Waals surface area contributed by atoms with Crippen molar-refractivity contribution in [3.8, 4) is 5.75 Å². The first kappa shape index (κ1) is 13.4. The number of halogens is 1. The summed E-state index contributed by atoms with van der Waals surface area (Å²) in [5.74, 6) is 0.691. The van der Waals surface area contributed by atoms with Crippen molar-refractivity contribution in [2.45, 2.75) is 25.5 Å². The maximum atomic E-state index is 12.1. The molecule has 0 unspecified atom stereocenters. The van der Waals surface area contributed by atoms with Gasteiger partial charge in [0.15, 0.2) is 6.10 Å². The summed E-state index contributed by atoms with van der Waals surface area (Å²) in [4.78, 5) is 13.9. The maximum absolute atomic E-state index is 12.1. The molecular weight excluding hydrogens is 296 g/mol. The summed E-state index contributed by atoms with van der Waals surface area (Å²) in [6.45, 7) is 3.13. The molecule has 0 bridgehead atoms. The molecule has 18 heavy (non-hydrogen) atoms. The van der Waals surface area contributed by atoms with Gasteiger partial charge < -0.3 is 15.4 Å². The lowest BCUT2D eigenvalue weighted by Gasteiger charge is -2.21. The molecule has 2 atom stereocenters. The van der Waals surface area contributed by atoms with Crippen LogP contribution in [0, 0.1) is 0 Å². The molecule has 2 rings (SSSR count). The average molecular weight is 313 g/mol. The number of carbonyl (C=O) groups excluding carboxylic acids is 1. The van der Waals surface area contributed by atoms with E-state index in [1.165, 1.54) is 0 Å². The Hall–Kier alpha value is -1.07. The second-order valence-corrected chi connectivity index (χ2v) is 5.47. The molecule has 98 valence electrons. The summed E-state index contributed by atoms with van der Waals surface area (Å²) >= 11 is 3.37. The first-order chi connectivity index (χ1) is 8.56. The van der Waals surface area contributed by atoms with Gasteiger partial charge in [-0.05, 0) is 31.5 Å². The highest BCUT2D eigenvalue weighted by atomic mass is 79.9. The minimum atomic E-state index is -0.482. The molecule has 2 N–H and O–H groups in total. The van der Waals surface area contributed by atoms with Crippen LogP contribution in [0.1, 0.15) is 13.3 Å². The van der Waals surface area contributed by atoms with Gasteiger partial charge >= 0.3 is 0 Å². The number of rotatable bonds is 3. The molecule has 4 nitrogen and oxygen atoms in total. The molecule has 1 aliphatic heterocycles. The van der Waals surface area contributed by atoms with Gasteiger partial charge in [-0.15, -0.1) is 0 Å². The number of hydrogen-bond donors (Lipinski definition) is 1. The third kappa shape index (κ3) is 3.23. The normalized spacial score (nSPS) is 20.8. The SMILES string of the molecule is C[C@@H](Oc1cccc(Br)c1)C(=O)N1CC[C@@H](N)C1. The molecule has 1 amide bonds. The predicted molar refractivity (Wildman–Crippen MR) is 73.4 cm³/mol. The van der Waals surface area contributed by atoms with Crippen molar-refractivity contribution >= 4 is 21.8 Å². The molecule has 0 aliphatic carbocycles. The van der Waals surface area contributed by atoms with Crippen LogP contribution in [0.15, 0.2) is 28.7 Å². The smallest absolute Gasteiger partial charge is 0.263 e. The van der Waals surface area contributed by atoms with Gasteiger partial charge in [-0.3, -0.25) is 4.79 Å². The fourth-order valence-corrected chi connectivity index (χ4v) is 2.42. The number of amides is 1. The van der Waals surface area contributed by atoms with Crippen molar-refractivity contribution in [1.82, 2.24) is 4.90 Å². The number of carbonyl (C=O) groups is 1. The van der Waals surface area contributed by atoms with Gasteiger partial charge in [0.1, 0.15) is 5.75 Å². The molecule has 1 aromatic rings. The quantitative estimate of drug-likeness (QED) is 0.925. The van der Waals surface area contributed by atoms with Gasteiger partial charge in [0.05, 0.1) is 0 Å². The Morgan fingerprint density at radius 3 is 3.00 bits per heavy atom. The lowest BCUT2D eigenvalue weighted by molar-refractivity contribution is -0.136. The van der Waals surface area contributed by atoms with Gasteiger partial charge in [0.25, 0.3) is 5.91 Å². The van der Waals surface area contributed by atoms with Gasteiger partial charge in [-0.1, -0.05) is 22.0 Å². The maximum Gasteiger partial charge on any atom is 0.263 e. The van der Waals surface area contributed by atoms with E-state index in [4.69, 9.17) is 10.5 Å². The second kappa shape index (κ2) is 5.71. The average Bonchev–Trinajstić information content (AvgIpc) is 2.75. The number of likely N-dealkylation sites (tertiary alicyclic amines) is 1. The number of benzene rings is 1. The summed E-state index contributed by atoms with van der Waals surface area (Å²) in [6.07, 6.45) is 0.389. The van der Waals surface area contributed by atoms with E-state index in [0.717, 1.165) is 17.4 Å². The molecule has 0 aromatic heterocycles. The summed E-state index contributed by atoms with van der Waals surface area (Å²) in [6, 6.07) is 7.58. The third-order valence-electron chi connectivity index (χ3n) is 2.99. The molecule has 1 aromatic carbocycles. The van der Waals surface area contributed by atoms with Crippen molar-refractivity contribution in [3.63, 3.8) is 0 Å². The number of ether oxygens (including phenoxy) is 1. The molecular formula is C13H17BrN2O2. The highest BCUT2D eigenvalue weighted by Gasteiger charge is 2.28. The Morgan fingerprint density at radius 1 is 1.61 bits per heavy atom. The van der Waals surface area contributed by atoms with E-state index in [9.17, 15) is 4.79 Å². The Labute approximate surface area is 115 Å². The molecule has 0 saturated carbocycles. The summed E-state index contributed by atoms with van der Waals surface area (Å²) in [5, 5.41) is 0. The zero-order chi connectivity index (χ0) is 13.1. The minimum absolute atomic E-state index is 0.00271. The zero-order valence-corrected chi connectivity index (χ0v) is 11.9. The van der Waals surface area contributed by atoms with Crippen molar-refractivity contribution in [3.05, 3.63) is 28.7 Å². The van der Waals surface area contributed by atoms with Crippen LogP contribution in [0.2, 0.25) is 0 Å². The predicted octanol–water partition coefficient (Wildman–Crippen LogP) is 1.78. The van der Waals surface area contributed by atoms with E-state index in [1.807, 2.05) is 24.3 Å². The van der Waals surface area contributed by atoms with E-state index in [2.05, 4.69) is 15.9 Å². The first-order valence-electron chi connectivity index (χ1n) is 6.03. The zero-order valence-electron chi connectivity index (χ0n) is 10.3. The lowest BCUT2D eigenvalue weighted by Crippen LogP contribution is -2.40. The van der Waals surface area contributed by atoms with Crippen molar-refractivity contribution in [1.29, 1.82) is 0 Å². The van der Waals surface area contributed by atoms with Crippen LogP contribution < -0.4 is 10.5 Å². The molecule has 1 saturated heterocycles. The first-order valence-corrected chi connectivity index (χ1v) is 6.82. The van der Waals surface area contributed by atoms with E-state index >= 15 is 0 Å². The van der Waals surface area contributed by atoms with Crippen LogP contribution >= 0.6 is 15.9 Å². The summed E-state index contributed by atoms with van der Waals surface area (Å²) < 4.78 is 6.58. The summed E-state index contributed by atoms with van der Waals surface area (Å²) in [7, 11) is 0. The molecule has 1 heterocycles. The second-order valence-electron chi connectivity index (χ2n) is 4.55. The van der Waals surface area contributed by atoms with Crippen LogP contribution in [0.3, 0.4) is 0 Å². The van der Waals surface area contributed by atoms with Gasteiger partial charge in [0, 0.05) is 23.6 Å². The van der Waals surface area contributed by atoms with E-state index in [-0.39, 0.29) is 11.9 Å². The van der Waals surface area contributed by atoms with Crippen molar-refractivity contribution < 1.29 is 9.53 Å². The minimum Gasteiger partial charge on any atom is -0.481 e. The Balaban J connectivity index is 1.95. The fraction of sp³-hybridized carbons (Fsp3) is 0.462. The Bertz CT molecular complexity index is 439. The van der Waals surface area contributed by atoms with Crippen LogP contribution in [0.5, 0.6) is 5.75 Å². The largest absolute Gasteiger partial charge is 0.481 e. The van der Waals surface area contributed by atoms with Crippen LogP contribution in [-0.4, -0.2) is 36.0 Å². The molecule has 0 spiro atoms. The van der Waals surface area contributed by atoms with Gasteiger partial charge in [-0.25, -0.2) is 0 Å². The van der Waals surface area contributed by atoms with E-state index in [1.54, 1.807) is 11.8 Å². The molecule has 0 radical (unpaired) electrons. The topological polar surface area (TPSA) is 55.6 Å². The molecule has 1 fully saturated rings. The van der Waals surface area contributed by atoms with Crippen molar-refractivity contribution in [2.75, 3.05) is 13.1 Å². The highest BCUT2D eigenvalue weighted by molar-refractivity contribution is 9.10. The number of nitrogens with zero attached hydrogens (tertiary/aromatic N) is 1. The highest BCUT2D eigenvalue weighted by Crippen LogP contribution is 2.20. The Morgan fingerprint density at radius 2 is 2.39 bits per heavy atom. The van der Waals surface area contributed by atoms with Crippen LogP contribution in [0.4, 0.5) is 0 Å². The standard InChI is InChI=1S/C13H17BrN2O2/c1-9(13(17)16-6-5-11(15)8-16)18-12-4-2-3-10(14)7-12/h2-4,7,9,11H,5-6,8,15H2,1H3/t9-,11-/m1/s1. The number of hydrogen-bond acceptors (Lipinski definition) is 3. The van der Waals surface area contributed by atoms with Gasteiger partial charge in [0.2, 0.25) is 0 Å². The van der Waals surface area contributed by atoms with Crippen molar-refractivity contribution in [2.24, 2.45) is 5.73 Å².